The lowest BCUT2D eigenvalue weighted by atomic mass is 9.74. The molecule has 0 bridgehead atoms. The van der Waals surface area contributed by atoms with Gasteiger partial charge < -0.3 is 10.0 Å². The van der Waals surface area contributed by atoms with Gasteiger partial charge in [-0.15, -0.1) is 0 Å². The monoisotopic (exact) mass is 256 g/mol. The zero-order valence-corrected chi connectivity index (χ0v) is 10.2. The first kappa shape index (κ1) is 11.5. The normalized spacial score (nSPS) is 11.1. The number of hydrogen-bond donors (Lipinski definition) is 2. The molecular weight excluding hydrogens is 246 g/mol. The SMILES string of the molecule is OB(O)c1c2ccccc2c(Cl)c2ccccc12. The van der Waals surface area contributed by atoms with Crippen LogP contribution in [0, 0.1) is 0 Å². The summed E-state index contributed by atoms with van der Waals surface area (Å²) in [5.74, 6) is 0. The van der Waals surface area contributed by atoms with Crippen molar-refractivity contribution in [2.75, 3.05) is 0 Å². The Morgan fingerprint density at radius 2 is 1.11 bits per heavy atom. The second kappa shape index (κ2) is 4.28. The van der Waals surface area contributed by atoms with Crippen molar-refractivity contribution in [3.05, 3.63) is 53.6 Å². The molecule has 2 nitrogen and oxygen atoms in total. The van der Waals surface area contributed by atoms with Crippen molar-refractivity contribution < 1.29 is 10.0 Å². The minimum atomic E-state index is -1.52. The van der Waals surface area contributed by atoms with Gasteiger partial charge in [-0.25, -0.2) is 0 Å². The molecule has 3 aromatic rings. The Labute approximate surface area is 110 Å². The molecule has 2 N–H and O–H groups in total. The summed E-state index contributed by atoms with van der Waals surface area (Å²) in [6, 6.07) is 15.0. The molecule has 0 unspecified atom stereocenters. The highest BCUT2D eigenvalue weighted by molar-refractivity contribution is 6.66. The Morgan fingerprint density at radius 1 is 0.722 bits per heavy atom. The molecular formula is C14H10BClO2. The van der Waals surface area contributed by atoms with Crippen LogP contribution >= 0.6 is 11.6 Å². The average Bonchev–Trinajstić information content (AvgIpc) is 2.39. The Kier molecular flexibility index (Phi) is 2.75. The molecule has 0 aliphatic rings. The molecule has 0 amide bonds. The second-order valence-electron chi connectivity index (χ2n) is 4.19. The Balaban J connectivity index is 2.63. The van der Waals surface area contributed by atoms with Crippen molar-refractivity contribution in [1.29, 1.82) is 0 Å². The lowest BCUT2D eigenvalue weighted by Crippen LogP contribution is -2.31. The van der Waals surface area contributed by atoms with Gasteiger partial charge >= 0.3 is 7.12 Å². The third kappa shape index (κ3) is 1.60. The molecule has 3 aromatic carbocycles. The summed E-state index contributed by atoms with van der Waals surface area (Å²) in [7, 11) is -1.52. The Morgan fingerprint density at radius 3 is 1.50 bits per heavy atom. The van der Waals surface area contributed by atoms with Crippen molar-refractivity contribution >= 4 is 45.7 Å². The molecule has 0 radical (unpaired) electrons. The summed E-state index contributed by atoms with van der Waals surface area (Å²) >= 11 is 6.39. The predicted octanol–water partition coefficient (Wildman–Crippen LogP) is 2.33. The van der Waals surface area contributed by atoms with Crippen LogP contribution < -0.4 is 5.46 Å². The van der Waals surface area contributed by atoms with E-state index in [-0.39, 0.29) is 0 Å². The fourth-order valence-electron chi connectivity index (χ4n) is 2.39. The molecule has 88 valence electrons. The number of rotatable bonds is 1. The zero-order chi connectivity index (χ0) is 12.7. The number of halogens is 1. The maximum atomic E-state index is 9.62. The van der Waals surface area contributed by atoms with E-state index in [1.165, 1.54) is 0 Å². The molecule has 18 heavy (non-hydrogen) atoms. The highest BCUT2D eigenvalue weighted by Crippen LogP contribution is 2.30. The maximum absolute atomic E-state index is 9.62. The molecule has 0 saturated carbocycles. The fraction of sp³-hybridized carbons (Fsp3) is 0. The van der Waals surface area contributed by atoms with E-state index >= 15 is 0 Å². The van der Waals surface area contributed by atoms with Gasteiger partial charge in [-0.1, -0.05) is 60.1 Å². The standard InChI is InChI=1S/C14H10BClO2/c16-14-11-7-3-1-5-9(11)13(15(17)18)10-6-2-4-8-12(10)14/h1-8,17-18H. The van der Waals surface area contributed by atoms with Gasteiger partial charge in [-0.2, -0.15) is 0 Å². The maximum Gasteiger partial charge on any atom is 0.489 e. The lowest BCUT2D eigenvalue weighted by Gasteiger charge is -2.12. The molecule has 0 aromatic heterocycles. The van der Waals surface area contributed by atoms with Gasteiger partial charge in [0.2, 0.25) is 0 Å². The van der Waals surface area contributed by atoms with Crippen LogP contribution in [0.15, 0.2) is 48.5 Å². The van der Waals surface area contributed by atoms with Crippen LogP contribution in [0.2, 0.25) is 5.02 Å². The van der Waals surface area contributed by atoms with E-state index in [2.05, 4.69) is 0 Å². The van der Waals surface area contributed by atoms with E-state index < -0.39 is 7.12 Å². The average molecular weight is 256 g/mol. The quantitative estimate of drug-likeness (QED) is 0.518. The first-order valence-corrected chi connectivity index (χ1v) is 6.03. The minimum Gasteiger partial charge on any atom is -0.423 e. The summed E-state index contributed by atoms with van der Waals surface area (Å²) in [4.78, 5) is 0. The van der Waals surface area contributed by atoms with Crippen LogP contribution in [0.1, 0.15) is 0 Å². The van der Waals surface area contributed by atoms with Crippen molar-refractivity contribution in [3.63, 3.8) is 0 Å². The first-order valence-electron chi connectivity index (χ1n) is 5.65. The molecule has 0 heterocycles. The van der Waals surface area contributed by atoms with Crippen molar-refractivity contribution in [3.8, 4) is 0 Å². The molecule has 0 spiro atoms. The largest absolute Gasteiger partial charge is 0.489 e. The van der Waals surface area contributed by atoms with Crippen LogP contribution in [0.5, 0.6) is 0 Å². The fourth-order valence-corrected chi connectivity index (χ4v) is 2.72. The molecule has 0 fully saturated rings. The van der Waals surface area contributed by atoms with E-state index in [9.17, 15) is 10.0 Å². The van der Waals surface area contributed by atoms with Crippen LogP contribution in [-0.4, -0.2) is 17.2 Å². The van der Waals surface area contributed by atoms with Crippen molar-refractivity contribution in [2.24, 2.45) is 0 Å². The third-order valence-corrected chi connectivity index (χ3v) is 3.57. The van der Waals surface area contributed by atoms with E-state index in [1.54, 1.807) is 0 Å². The predicted molar refractivity (Wildman–Crippen MR) is 76.3 cm³/mol. The van der Waals surface area contributed by atoms with Crippen LogP contribution in [0.25, 0.3) is 21.5 Å². The van der Waals surface area contributed by atoms with E-state index in [1.807, 2.05) is 48.5 Å². The molecule has 0 atom stereocenters. The number of benzene rings is 3. The first-order chi connectivity index (χ1) is 8.70. The van der Waals surface area contributed by atoms with Gasteiger partial charge in [0.15, 0.2) is 0 Å². The summed E-state index contributed by atoms with van der Waals surface area (Å²) in [5.41, 5.74) is 0.505. The topological polar surface area (TPSA) is 40.5 Å². The van der Waals surface area contributed by atoms with Crippen molar-refractivity contribution in [2.45, 2.75) is 0 Å². The summed E-state index contributed by atoms with van der Waals surface area (Å²) in [6.45, 7) is 0. The highest BCUT2D eigenvalue weighted by atomic mass is 35.5. The lowest BCUT2D eigenvalue weighted by molar-refractivity contribution is 0.426. The van der Waals surface area contributed by atoms with Gasteiger partial charge in [0.25, 0.3) is 0 Å². The second-order valence-corrected chi connectivity index (χ2v) is 4.57. The minimum absolute atomic E-state index is 0.505. The van der Waals surface area contributed by atoms with Crippen LogP contribution in [-0.2, 0) is 0 Å². The van der Waals surface area contributed by atoms with E-state index in [4.69, 9.17) is 11.6 Å². The smallest absolute Gasteiger partial charge is 0.423 e. The Bertz CT molecular complexity index is 683. The molecule has 3 rings (SSSR count). The van der Waals surface area contributed by atoms with Gasteiger partial charge in [0.1, 0.15) is 0 Å². The summed E-state index contributed by atoms with van der Waals surface area (Å²) in [6.07, 6.45) is 0. The zero-order valence-electron chi connectivity index (χ0n) is 9.47. The van der Waals surface area contributed by atoms with Gasteiger partial charge in [-0.05, 0) is 16.2 Å². The summed E-state index contributed by atoms with van der Waals surface area (Å²) < 4.78 is 0. The van der Waals surface area contributed by atoms with Gasteiger partial charge in [-0.3, -0.25) is 0 Å². The molecule has 0 saturated heterocycles. The number of fused-ring (bicyclic) bond motifs is 2. The van der Waals surface area contributed by atoms with Crippen molar-refractivity contribution in [1.82, 2.24) is 0 Å². The van der Waals surface area contributed by atoms with Crippen LogP contribution in [0.3, 0.4) is 0 Å². The molecule has 0 aliphatic carbocycles. The molecule has 4 heteroatoms. The number of hydrogen-bond acceptors (Lipinski definition) is 2. The third-order valence-electron chi connectivity index (χ3n) is 3.17. The van der Waals surface area contributed by atoms with Gasteiger partial charge in [0.05, 0.1) is 5.02 Å². The molecule has 0 aliphatic heterocycles. The van der Waals surface area contributed by atoms with Gasteiger partial charge in [0, 0.05) is 10.8 Å². The summed E-state index contributed by atoms with van der Waals surface area (Å²) in [5, 5.41) is 23.1. The highest BCUT2D eigenvalue weighted by Gasteiger charge is 2.20. The Hall–Kier alpha value is -1.55. The van der Waals surface area contributed by atoms with Crippen LogP contribution in [0.4, 0.5) is 0 Å². The van der Waals surface area contributed by atoms with E-state index in [0.29, 0.717) is 10.5 Å². The van der Waals surface area contributed by atoms with E-state index in [0.717, 1.165) is 21.5 Å².